The first kappa shape index (κ1) is 13.3. The average molecular weight is 312 g/mol. The molecule has 18 heavy (non-hydrogen) atoms. The largest absolute Gasteiger partial charge is 0.307 e. The fourth-order valence-electron chi connectivity index (χ4n) is 2.07. The van der Waals surface area contributed by atoms with Crippen molar-refractivity contribution in [2.24, 2.45) is 7.05 Å². The molecular weight excluding hydrogens is 294 g/mol. The van der Waals surface area contributed by atoms with Crippen molar-refractivity contribution in [1.82, 2.24) is 24.9 Å². The Morgan fingerprint density at radius 3 is 2.72 bits per heavy atom. The molecular formula is C12H18BrN5. The van der Waals surface area contributed by atoms with Crippen molar-refractivity contribution in [3.05, 3.63) is 33.8 Å². The highest BCUT2D eigenvalue weighted by Crippen LogP contribution is 2.27. The molecule has 0 bridgehead atoms. The van der Waals surface area contributed by atoms with Gasteiger partial charge in [-0.3, -0.25) is 9.36 Å². The third kappa shape index (κ3) is 2.22. The van der Waals surface area contributed by atoms with Gasteiger partial charge >= 0.3 is 0 Å². The zero-order chi connectivity index (χ0) is 13.3. The smallest absolute Gasteiger partial charge is 0.0949 e. The van der Waals surface area contributed by atoms with Gasteiger partial charge in [0.1, 0.15) is 0 Å². The first-order chi connectivity index (χ1) is 8.58. The summed E-state index contributed by atoms with van der Waals surface area (Å²) in [5, 5.41) is 12.2. The van der Waals surface area contributed by atoms with Gasteiger partial charge in [-0.05, 0) is 42.9 Å². The maximum Gasteiger partial charge on any atom is 0.0949 e. The SMILES string of the molecule is CCn1ncc(Br)c1C(NC)c1cc(C)n(C)n1. The van der Waals surface area contributed by atoms with E-state index in [9.17, 15) is 0 Å². The highest BCUT2D eigenvalue weighted by Gasteiger charge is 2.22. The van der Waals surface area contributed by atoms with E-state index < -0.39 is 0 Å². The predicted octanol–water partition coefficient (Wildman–Crippen LogP) is 2.02. The number of halogens is 1. The molecule has 1 unspecified atom stereocenters. The number of aryl methyl sites for hydroxylation is 3. The van der Waals surface area contributed by atoms with Gasteiger partial charge in [0.05, 0.1) is 28.1 Å². The highest BCUT2D eigenvalue weighted by atomic mass is 79.9. The second-order valence-corrected chi connectivity index (χ2v) is 5.10. The molecule has 2 rings (SSSR count). The maximum atomic E-state index is 4.55. The van der Waals surface area contributed by atoms with Crippen LogP contribution in [0.15, 0.2) is 16.7 Å². The van der Waals surface area contributed by atoms with E-state index in [0.717, 1.165) is 28.1 Å². The van der Waals surface area contributed by atoms with Crippen LogP contribution in [-0.2, 0) is 13.6 Å². The van der Waals surface area contributed by atoms with E-state index in [1.165, 1.54) is 0 Å². The quantitative estimate of drug-likeness (QED) is 0.939. The highest BCUT2D eigenvalue weighted by molar-refractivity contribution is 9.10. The van der Waals surface area contributed by atoms with Crippen LogP contribution in [0.5, 0.6) is 0 Å². The number of hydrogen-bond acceptors (Lipinski definition) is 3. The van der Waals surface area contributed by atoms with E-state index >= 15 is 0 Å². The van der Waals surface area contributed by atoms with Gasteiger partial charge in [-0.25, -0.2) is 0 Å². The molecule has 1 atom stereocenters. The lowest BCUT2D eigenvalue weighted by atomic mass is 10.1. The summed E-state index contributed by atoms with van der Waals surface area (Å²) in [7, 11) is 3.89. The van der Waals surface area contributed by atoms with E-state index in [-0.39, 0.29) is 6.04 Å². The molecule has 6 heteroatoms. The van der Waals surface area contributed by atoms with Crippen LogP contribution in [0.1, 0.15) is 30.0 Å². The Balaban J connectivity index is 2.47. The first-order valence-corrected chi connectivity index (χ1v) is 6.76. The van der Waals surface area contributed by atoms with Gasteiger partial charge in [0.2, 0.25) is 0 Å². The molecule has 0 radical (unpaired) electrons. The van der Waals surface area contributed by atoms with E-state index in [2.05, 4.69) is 51.4 Å². The predicted molar refractivity (Wildman–Crippen MR) is 74.4 cm³/mol. The van der Waals surface area contributed by atoms with Crippen molar-refractivity contribution in [3.63, 3.8) is 0 Å². The molecule has 0 aliphatic heterocycles. The van der Waals surface area contributed by atoms with Gasteiger partial charge in [-0.2, -0.15) is 10.2 Å². The third-order valence-corrected chi connectivity index (χ3v) is 3.73. The Bertz CT molecular complexity index is 523. The molecule has 0 fully saturated rings. The Morgan fingerprint density at radius 2 is 2.22 bits per heavy atom. The minimum absolute atomic E-state index is 0.0433. The van der Waals surface area contributed by atoms with Crippen LogP contribution in [0.3, 0.4) is 0 Å². The fourth-order valence-corrected chi connectivity index (χ4v) is 2.59. The molecule has 0 saturated heterocycles. The van der Waals surface area contributed by atoms with Crippen LogP contribution in [0.4, 0.5) is 0 Å². The lowest BCUT2D eigenvalue weighted by molar-refractivity contribution is 0.548. The second kappa shape index (κ2) is 5.24. The molecule has 0 aliphatic carbocycles. The van der Waals surface area contributed by atoms with Crippen LogP contribution < -0.4 is 5.32 Å². The molecule has 2 aromatic heterocycles. The third-order valence-electron chi connectivity index (χ3n) is 3.12. The summed E-state index contributed by atoms with van der Waals surface area (Å²) < 4.78 is 4.88. The number of rotatable bonds is 4. The fraction of sp³-hybridized carbons (Fsp3) is 0.500. The molecule has 0 aliphatic rings. The van der Waals surface area contributed by atoms with E-state index in [4.69, 9.17) is 0 Å². The summed E-state index contributed by atoms with van der Waals surface area (Å²) in [6, 6.07) is 2.14. The van der Waals surface area contributed by atoms with Gasteiger partial charge in [0.15, 0.2) is 0 Å². The lowest BCUT2D eigenvalue weighted by Gasteiger charge is -2.16. The van der Waals surface area contributed by atoms with Crippen molar-refractivity contribution in [2.45, 2.75) is 26.4 Å². The molecule has 1 N–H and O–H groups in total. The number of nitrogens with one attached hydrogen (secondary N) is 1. The minimum Gasteiger partial charge on any atom is -0.307 e. The summed E-state index contributed by atoms with van der Waals surface area (Å²) in [5.41, 5.74) is 3.26. The second-order valence-electron chi connectivity index (χ2n) is 4.25. The van der Waals surface area contributed by atoms with Gasteiger partial charge in [0.25, 0.3) is 0 Å². The zero-order valence-corrected chi connectivity index (χ0v) is 12.7. The number of aromatic nitrogens is 4. The summed E-state index contributed by atoms with van der Waals surface area (Å²) in [6.07, 6.45) is 1.83. The Morgan fingerprint density at radius 1 is 1.50 bits per heavy atom. The Labute approximate surface area is 115 Å². The molecule has 0 saturated carbocycles. The van der Waals surface area contributed by atoms with Gasteiger partial charge in [0, 0.05) is 19.3 Å². The zero-order valence-electron chi connectivity index (χ0n) is 11.1. The summed E-state index contributed by atoms with van der Waals surface area (Å²) in [4.78, 5) is 0. The number of nitrogens with zero attached hydrogens (tertiary/aromatic N) is 4. The Hall–Kier alpha value is -1.14. The first-order valence-electron chi connectivity index (χ1n) is 5.97. The monoisotopic (exact) mass is 311 g/mol. The maximum absolute atomic E-state index is 4.55. The topological polar surface area (TPSA) is 47.7 Å². The van der Waals surface area contributed by atoms with Crippen molar-refractivity contribution in [1.29, 1.82) is 0 Å². The molecule has 98 valence electrons. The van der Waals surface area contributed by atoms with Crippen LogP contribution in [0.25, 0.3) is 0 Å². The van der Waals surface area contributed by atoms with E-state index in [1.54, 1.807) is 0 Å². The van der Waals surface area contributed by atoms with Crippen LogP contribution in [0, 0.1) is 6.92 Å². The summed E-state index contributed by atoms with van der Waals surface area (Å²) in [6.45, 7) is 4.97. The van der Waals surface area contributed by atoms with Crippen LogP contribution >= 0.6 is 15.9 Å². The summed E-state index contributed by atoms with van der Waals surface area (Å²) in [5.74, 6) is 0. The molecule has 0 spiro atoms. The average Bonchev–Trinajstić information content (AvgIpc) is 2.86. The minimum atomic E-state index is 0.0433. The molecule has 0 aromatic carbocycles. The molecule has 2 aromatic rings. The van der Waals surface area contributed by atoms with Crippen molar-refractivity contribution in [2.75, 3.05) is 7.05 Å². The Kier molecular flexibility index (Phi) is 3.87. The van der Waals surface area contributed by atoms with Gasteiger partial charge in [-0.1, -0.05) is 0 Å². The van der Waals surface area contributed by atoms with Crippen molar-refractivity contribution in [3.8, 4) is 0 Å². The number of hydrogen-bond donors (Lipinski definition) is 1. The molecule has 5 nitrogen and oxygen atoms in total. The van der Waals surface area contributed by atoms with E-state index in [1.807, 2.05) is 29.7 Å². The van der Waals surface area contributed by atoms with Crippen molar-refractivity contribution >= 4 is 15.9 Å². The summed E-state index contributed by atoms with van der Waals surface area (Å²) >= 11 is 3.56. The van der Waals surface area contributed by atoms with E-state index in [0.29, 0.717) is 0 Å². The normalized spacial score (nSPS) is 12.9. The van der Waals surface area contributed by atoms with Crippen molar-refractivity contribution < 1.29 is 0 Å². The van der Waals surface area contributed by atoms with Crippen LogP contribution in [0.2, 0.25) is 0 Å². The van der Waals surface area contributed by atoms with Gasteiger partial charge in [-0.15, -0.1) is 0 Å². The molecule has 2 heterocycles. The van der Waals surface area contributed by atoms with Gasteiger partial charge < -0.3 is 5.32 Å². The lowest BCUT2D eigenvalue weighted by Crippen LogP contribution is -2.22. The molecule has 0 amide bonds. The standard InChI is InChI=1S/C12H18BrN5/c1-5-18-12(9(13)7-15-18)11(14-3)10-6-8(2)17(4)16-10/h6-7,11,14H,5H2,1-4H3. The van der Waals surface area contributed by atoms with Crippen LogP contribution in [-0.4, -0.2) is 26.6 Å².